The zero-order valence-electron chi connectivity index (χ0n) is 17.2. The average molecular weight is 532 g/mol. The molecule has 1 saturated carbocycles. The number of rotatable bonds is 6. The summed E-state index contributed by atoms with van der Waals surface area (Å²) in [5.41, 5.74) is -10.6. The van der Waals surface area contributed by atoms with E-state index >= 15 is 0 Å². The van der Waals surface area contributed by atoms with Crippen molar-refractivity contribution in [3.63, 3.8) is 0 Å². The van der Waals surface area contributed by atoms with Crippen molar-refractivity contribution in [2.45, 2.75) is 48.5 Å². The maximum Gasteiger partial charge on any atom is 0.534 e. The van der Waals surface area contributed by atoms with Crippen molar-refractivity contribution >= 4 is 20.2 Å². The normalized spacial score (nSPS) is 17.2. The van der Waals surface area contributed by atoms with Gasteiger partial charge in [0.15, 0.2) is 0 Å². The zero-order chi connectivity index (χ0) is 25.4. The molecule has 2 aromatic rings. The molecule has 0 N–H and O–H groups in total. The quantitative estimate of drug-likeness (QED) is 0.282. The van der Waals surface area contributed by atoms with Crippen LogP contribution >= 0.6 is 0 Å². The molecule has 0 amide bonds. The molecule has 0 atom stereocenters. The Morgan fingerprint density at radius 1 is 0.588 bits per heavy atom. The summed E-state index contributed by atoms with van der Waals surface area (Å²) in [6.45, 7) is 0. The fourth-order valence-corrected chi connectivity index (χ4v) is 4.82. The van der Waals surface area contributed by atoms with Crippen LogP contribution in [0.2, 0.25) is 0 Å². The van der Waals surface area contributed by atoms with Crippen molar-refractivity contribution in [1.82, 2.24) is 0 Å². The molecule has 0 saturated heterocycles. The highest BCUT2D eigenvalue weighted by Gasteiger charge is 2.49. The molecule has 1 aliphatic rings. The summed E-state index contributed by atoms with van der Waals surface area (Å²) in [4.78, 5) is 0. The van der Waals surface area contributed by atoms with E-state index in [9.17, 15) is 43.2 Å². The van der Waals surface area contributed by atoms with E-state index in [0.717, 1.165) is 43.5 Å². The van der Waals surface area contributed by atoms with Gasteiger partial charge in [0.05, 0.1) is 0 Å². The molecular weight excluding hydrogens is 514 g/mol. The first-order chi connectivity index (χ1) is 15.6. The smallest absolute Gasteiger partial charge is 0.376 e. The molecule has 6 nitrogen and oxygen atoms in total. The summed E-state index contributed by atoms with van der Waals surface area (Å²) >= 11 is 0. The SMILES string of the molecule is O=S(=O)(Oc1ccc(C2(c3ccc(OS(=O)(=O)C(F)(F)F)cc3)CCCCC2)cc1)C(F)(F)F. The second-order valence-electron chi connectivity index (χ2n) is 7.66. The fraction of sp³-hybridized carbons (Fsp3) is 0.400. The van der Waals surface area contributed by atoms with E-state index in [1.807, 2.05) is 0 Å². The van der Waals surface area contributed by atoms with Crippen LogP contribution in [0.4, 0.5) is 26.3 Å². The number of benzene rings is 2. The van der Waals surface area contributed by atoms with Gasteiger partial charge in [-0.3, -0.25) is 0 Å². The maximum absolute atomic E-state index is 12.5. The van der Waals surface area contributed by atoms with E-state index in [1.54, 1.807) is 0 Å². The molecule has 0 heterocycles. The minimum absolute atomic E-state index is 0.534. The highest BCUT2D eigenvalue weighted by atomic mass is 32.2. The third kappa shape index (κ3) is 5.27. The van der Waals surface area contributed by atoms with Crippen molar-refractivity contribution in [2.24, 2.45) is 0 Å². The Labute approximate surface area is 191 Å². The first-order valence-corrected chi connectivity index (χ1v) is 12.6. The van der Waals surface area contributed by atoms with Gasteiger partial charge in [0, 0.05) is 5.41 Å². The lowest BCUT2D eigenvalue weighted by molar-refractivity contribution is -0.0504. The summed E-state index contributed by atoms with van der Waals surface area (Å²) in [5.74, 6) is -1.07. The van der Waals surface area contributed by atoms with Crippen LogP contribution in [-0.2, 0) is 25.7 Å². The minimum Gasteiger partial charge on any atom is -0.376 e. The van der Waals surface area contributed by atoms with Crippen LogP contribution in [0.5, 0.6) is 11.5 Å². The van der Waals surface area contributed by atoms with E-state index in [4.69, 9.17) is 0 Å². The van der Waals surface area contributed by atoms with Gasteiger partial charge in [-0.25, -0.2) is 0 Å². The molecule has 1 fully saturated rings. The molecule has 3 rings (SSSR count). The van der Waals surface area contributed by atoms with E-state index in [1.165, 1.54) is 24.3 Å². The average Bonchev–Trinajstić information content (AvgIpc) is 2.73. The molecular formula is C20H18F6O6S2. The molecule has 14 heteroatoms. The van der Waals surface area contributed by atoms with Crippen LogP contribution in [0.3, 0.4) is 0 Å². The molecule has 0 radical (unpaired) electrons. The lowest BCUT2D eigenvalue weighted by Gasteiger charge is -2.38. The number of halogens is 6. The van der Waals surface area contributed by atoms with Gasteiger partial charge in [-0.05, 0) is 48.2 Å². The fourth-order valence-electron chi connectivity index (χ4n) is 3.91. The van der Waals surface area contributed by atoms with Gasteiger partial charge in [0.1, 0.15) is 11.5 Å². The zero-order valence-corrected chi connectivity index (χ0v) is 18.8. The highest BCUT2D eigenvalue weighted by molar-refractivity contribution is 7.88. The van der Waals surface area contributed by atoms with Gasteiger partial charge < -0.3 is 8.37 Å². The van der Waals surface area contributed by atoms with Crippen molar-refractivity contribution in [3.05, 3.63) is 59.7 Å². The summed E-state index contributed by atoms with van der Waals surface area (Å²) in [7, 11) is -11.7. The minimum atomic E-state index is -5.83. The van der Waals surface area contributed by atoms with E-state index in [-0.39, 0.29) is 0 Å². The van der Waals surface area contributed by atoms with E-state index in [2.05, 4.69) is 8.37 Å². The Kier molecular flexibility index (Phi) is 6.88. The van der Waals surface area contributed by atoms with Crippen LogP contribution < -0.4 is 8.37 Å². The number of hydrogen-bond acceptors (Lipinski definition) is 6. The predicted molar refractivity (Wildman–Crippen MR) is 108 cm³/mol. The van der Waals surface area contributed by atoms with Gasteiger partial charge in [-0.15, -0.1) is 0 Å². The maximum atomic E-state index is 12.5. The van der Waals surface area contributed by atoms with Gasteiger partial charge in [-0.1, -0.05) is 43.5 Å². The van der Waals surface area contributed by atoms with E-state index in [0.29, 0.717) is 24.0 Å². The van der Waals surface area contributed by atoms with Gasteiger partial charge >= 0.3 is 31.3 Å². The van der Waals surface area contributed by atoms with Crippen LogP contribution in [0.15, 0.2) is 48.5 Å². The lowest BCUT2D eigenvalue weighted by Crippen LogP contribution is -2.31. The summed E-state index contributed by atoms with van der Waals surface area (Å²) in [5, 5.41) is 0. The first-order valence-electron chi connectivity index (χ1n) is 9.80. The highest BCUT2D eigenvalue weighted by Crippen LogP contribution is 2.46. The lowest BCUT2D eigenvalue weighted by atomic mass is 9.65. The largest absolute Gasteiger partial charge is 0.534 e. The van der Waals surface area contributed by atoms with Crippen molar-refractivity contribution < 1.29 is 51.5 Å². The van der Waals surface area contributed by atoms with Crippen LogP contribution in [-0.4, -0.2) is 27.9 Å². The third-order valence-electron chi connectivity index (χ3n) is 5.50. The van der Waals surface area contributed by atoms with Gasteiger partial charge in [0.2, 0.25) is 0 Å². The van der Waals surface area contributed by atoms with Crippen molar-refractivity contribution in [1.29, 1.82) is 0 Å². The van der Waals surface area contributed by atoms with Crippen molar-refractivity contribution in [3.8, 4) is 11.5 Å². The summed E-state index contributed by atoms with van der Waals surface area (Å²) in [6.07, 6.45) is 3.66. The Bertz CT molecular complexity index is 1120. The molecule has 1 aliphatic carbocycles. The second kappa shape index (κ2) is 8.95. The molecule has 0 aliphatic heterocycles. The van der Waals surface area contributed by atoms with Crippen molar-refractivity contribution in [2.75, 3.05) is 0 Å². The Hall–Kier alpha value is -2.48. The topological polar surface area (TPSA) is 86.7 Å². The summed E-state index contributed by atoms with van der Waals surface area (Å²) < 4.78 is 128. The van der Waals surface area contributed by atoms with Crippen LogP contribution in [0, 0.1) is 0 Å². The molecule has 0 spiro atoms. The van der Waals surface area contributed by atoms with Gasteiger partial charge in [-0.2, -0.15) is 43.2 Å². The molecule has 188 valence electrons. The first kappa shape index (κ1) is 26.1. The second-order valence-corrected chi connectivity index (χ2v) is 10.7. The molecule has 34 heavy (non-hydrogen) atoms. The van der Waals surface area contributed by atoms with E-state index < -0.39 is 48.2 Å². The monoisotopic (exact) mass is 532 g/mol. The Morgan fingerprint density at radius 3 is 1.21 bits per heavy atom. The summed E-state index contributed by atoms with van der Waals surface area (Å²) in [6, 6.07) is 10.0. The molecule has 2 aromatic carbocycles. The number of alkyl halides is 6. The standard InChI is InChI=1S/C20H18F6O6S2/c21-19(22,23)33(27,28)31-16-8-4-14(5-9-16)18(12-2-1-3-13-18)15-6-10-17(11-7-15)32-34(29,30)20(24,25)26/h4-11H,1-3,12-13H2. The predicted octanol–water partition coefficient (Wildman–Crippen LogP) is 5.39. The third-order valence-corrected chi connectivity index (χ3v) is 7.46. The van der Waals surface area contributed by atoms with Crippen LogP contribution in [0.25, 0.3) is 0 Å². The van der Waals surface area contributed by atoms with Crippen LogP contribution in [0.1, 0.15) is 43.2 Å². The molecule has 0 aromatic heterocycles. The Morgan fingerprint density at radius 2 is 0.912 bits per heavy atom. The Balaban J connectivity index is 1.91. The van der Waals surface area contributed by atoms with Gasteiger partial charge in [0.25, 0.3) is 0 Å². The number of hydrogen-bond donors (Lipinski definition) is 0. The molecule has 0 unspecified atom stereocenters. The molecule has 0 bridgehead atoms.